The molecule has 0 aliphatic carbocycles. The third kappa shape index (κ3) is 4.82. The zero-order valence-corrected chi connectivity index (χ0v) is 19.2. The number of aromatic nitrogens is 2. The minimum atomic E-state index is -0.372. The zero-order chi connectivity index (χ0) is 24.2. The Kier molecular flexibility index (Phi) is 6.34. The SMILES string of the molecule is COC(=N)c1cccc(N2CC(Oc3ccc(COc4cccnc4)c(F)c3)C2)c1-n1cccc1. The van der Waals surface area contributed by atoms with Gasteiger partial charge in [-0.25, -0.2) is 4.39 Å². The molecule has 35 heavy (non-hydrogen) atoms. The number of halogens is 1. The molecule has 1 N–H and O–H groups in total. The van der Waals surface area contributed by atoms with Gasteiger partial charge in [0, 0.05) is 30.2 Å². The van der Waals surface area contributed by atoms with E-state index in [0.29, 0.717) is 35.7 Å². The quantitative estimate of drug-likeness (QED) is 0.294. The van der Waals surface area contributed by atoms with E-state index >= 15 is 0 Å². The Labute approximate surface area is 202 Å². The van der Waals surface area contributed by atoms with E-state index in [0.717, 1.165) is 11.4 Å². The Morgan fingerprint density at radius 2 is 1.89 bits per heavy atom. The molecule has 1 aliphatic heterocycles. The average Bonchev–Trinajstić information content (AvgIpc) is 3.40. The highest BCUT2D eigenvalue weighted by atomic mass is 19.1. The number of rotatable bonds is 8. The van der Waals surface area contributed by atoms with Crippen molar-refractivity contribution < 1.29 is 18.6 Å². The van der Waals surface area contributed by atoms with Crippen molar-refractivity contribution in [2.24, 2.45) is 0 Å². The van der Waals surface area contributed by atoms with E-state index in [4.69, 9.17) is 19.6 Å². The number of methoxy groups -OCH3 is 1. The third-order valence-corrected chi connectivity index (χ3v) is 5.87. The molecular weight excluding hydrogens is 447 g/mol. The smallest absolute Gasteiger partial charge is 0.215 e. The summed E-state index contributed by atoms with van der Waals surface area (Å²) in [6.07, 6.45) is 7.06. The largest absolute Gasteiger partial charge is 0.487 e. The van der Waals surface area contributed by atoms with Gasteiger partial charge in [-0.2, -0.15) is 0 Å². The van der Waals surface area contributed by atoms with E-state index in [1.165, 1.54) is 13.2 Å². The minimum Gasteiger partial charge on any atom is -0.487 e. The van der Waals surface area contributed by atoms with Crippen LogP contribution in [0.1, 0.15) is 11.1 Å². The summed E-state index contributed by atoms with van der Waals surface area (Å²) in [4.78, 5) is 6.17. The summed E-state index contributed by atoms with van der Waals surface area (Å²) in [5.74, 6) is 0.804. The highest BCUT2D eigenvalue weighted by Crippen LogP contribution is 2.33. The first-order valence-corrected chi connectivity index (χ1v) is 11.2. The molecule has 0 radical (unpaired) electrons. The summed E-state index contributed by atoms with van der Waals surface area (Å²) in [5, 5.41) is 8.21. The van der Waals surface area contributed by atoms with Gasteiger partial charge in [0.05, 0.1) is 43.3 Å². The van der Waals surface area contributed by atoms with E-state index in [2.05, 4.69) is 9.88 Å². The van der Waals surface area contributed by atoms with Gasteiger partial charge in [-0.1, -0.05) is 6.07 Å². The van der Waals surface area contributed by atoms with Crippen LogP contribution in [0.3, 0.4) is 0 Å². The lowest BCUT2D eigenvalue weighted by molar-refractivity contribution is 0.167. The zero-order valence-electron chi connectivity index (χ0n) is 19.2. The van der Waals surface area contributed by atoms with Gasteiger partial charge in [-0.15, -0.1) is 0 Å². The van der Waals surface area contributed by atoms with Crippen molar-refractivity contribution in [3.63, 3.8) is 0 Å². The molecule has 0 atom stereocenters. The maximum atomic E-state index is 14.6. The van der Waals surface area contributed by atoms with Crippen LogP contribution in [-0.2, 0) is 11.3 Å². The van der Waals surface area contributed by atoms with Gasteiger partial charge in [0.25, 0.3) is 0 Å². The first-order valence-electron chi connectivity index (χ1n) is 11.2. The fourth-order valence-electron chi connectivity index (χ4n) is 4.05. The van der Waals surface area contributed by atoms with Crippen molar-refractivity contribution in [1.29, 1.82) is 5.41 Å². The van der Waals surface area contributed by atoms with Crippen LogP contribution in [0, 0.1) is 11.2 Å². The van der Waals surface area contributed by atoms with Crippen molar-refractivity contribution >= 4 is 11.6 Å². The predicted octanol–water partition coefficient (Wildman–Crippen LogP) is 4.83. The van der Waals surface area contributed by atoms with Crippen LogP contribution in [0.4, 0.5) is 10.1 Å². The Hall–Kier alpha value is -4.33. The molecule has 0 bridgehead atoms. The van der Waals surface area contributed by atoms with Gasteiger partial charge in [0.2, 0.25) is 5.90 Å². The minimum absolute atomic E-state index is 0.0741. The summed E-state index contributed by atoms with van der Waals surface area (Å²) in [5.41, 5.74) is 3.02. The molecule has 0 amide bonds. The summed E-state index contributed by atoms with van der Waals surface area (Å²) < 4.78 is 33.4. The number of hydrogen-bond donors (Lipinski definition) is 1. The number of hydrogen-bond acceptors (Lipinski definition) is 6. The predicted molar refractivity (Wildman–Crippen MR) is 131 cm³/mol. The molecular formula is C27H25FN4O3. The van der Waals surface area contributed by atoms with Crippen LogP contribution >= 0.6 is 0 Å². The number of nitrogens with one attached hydrogen (secondary N) is 1. The lowest BCUT2D eigenvalue weighted by atomic mass is 10.1. The van der Waals surface area contributed by atoms with Gasteiger partial charge < -0.3 is 23.7 Å². The molecule has 0 saturated carbocycles. The third-order valence-electron chi connectivity index (χ3n) is 5.87. The topological polar surface area (TPSA) is 72.6 Å². The maximum absolute atomic E-state index is 14.6. The van der Waals surface area contributed by atoms with Crippen molar-refractivity contribution in [2.45, 2.75) is 12.7 Å². The van der Waals surface area contributed by atoms with Crippen molar-refractivity contribution in [3.05, 3.63) is 102 Å². The molecule has 7 nitrogen and oxygen atoms in total. The second-order valence-corrected chi connectivity index (χ2v) is 8.17. The second-order valence-electron chi connectivity index (χ2n) is 8.17. The molecule has 1 aliphatic rings. The van der Waals surface area contributed by atoms with E-state index in [9.17, 15) is 4.39 Å². The number of anilines is 1. The highest BCUT2D eigenvalue weighted by Gasteiger charge is 2.31. The first-order chi connectivity index (χ1) is 17.1. The first kappa shape index (κ1) is 22.5. The molecule has 5 rings (SSSR count). The van der Waals surface area contributed by atoms with Crippen LogP contribution in [0.25, 0.3) is 5.69 Å². The van der Waals surface area contributed by atoms with Crippen LogP contribution in [0.15, 0.2) is 85.5 Å². The standard InChI is InChI=1S/C27H25FN4O3/c1-33-27(29)23-7-4-8-25(26(23)31-12-2-3-13-31)32-16-22(17-32)35-20-10-9-19(24(28)14-20)18-34-21-6-5-11-30-15-21/h2-15,22,29H,16-18H2,1H3. The van der Waals surface area contributed by atoms with E-state index in [-0.39, 0.29) is 24.4 Å². The molecule has 2 aromatic heterocycles. The highest BCUT2D eigenvalue weighted by molar-refractivity contribution is 5.98. The monoisotopic (exact) mass is 472 g/mol. The van der Waals surface area contributed by atoms with Crippen LogP contribution in [0.5, 0.6) is 11.5 Å². The molecule has 8 heteroatoms. The lowest BCUT2D eigenvalue weighted by Gasteiger charge is -2.41. The van der Waals surface area contributed by atoms with Crippen molar-refractivity contribution in [3.8, 4) is 17.2 Å². The fraction of sp³-hybridized carbons (Fsp3) is 0.185. The van der Waals surface area contributed by atoms with Crippen molar-refractivity contribution in [2.75, 3.05) is 25.1 Å². The molecule has 1 fully saturated rings. The lowest BCUT2D eigenvalue weighted by Crippen LogP contribution is -2.54. The summed E-state index contributed by atoms with van der Waals surface area (Å²) in [6, 6.07) is 18.1. The molecule has 4 aromatic rings. The summed E-state index contributed by atoms with van der Waals surface area (Å²) in [6.45, 7) is 1.40. The van der Waals surface area contributed by atoms with Crippen molar-refractivity contribution in [1.82, 2.24) is 9.55 Å². The van der Waals surface area contributed by atoms with Gasteiger partial charge in [-0.05, 0) is 48.5 Å². The molecule has 3 heterocycles. The Bertz CT molecular complexity index is 1310. The van der Waals surface area contributed by atoms with Gasteiger partial charge in [0.1, 0.15) is 30.0 Å². The number of benzene rings is 2. The molecule has 2 aromatic carbocycles. The Morgan fingerprint density at radius 1 is 1.06 bits per heavy atom. The number of pyridine rings is 1. The molecule has 1 saturated heterocycles. The van der Waals surface area contributed by atoms with Crippen LogP contribution in [-0.4, -0.2) is 41.8 Å². The molecule has 0 unspecified atom stereocenters. The Morgan fingerprint density at radius 3 is 2.60 bits per heavy atom. The molecule has 178 valence electrons. The van der Waals surface area contributed by atoms with Crippen LogP contribution in [0.2, 0.25) is 0 Å². The van der Waals surface area contributed by atoms with E-state index in [1.807, 2.05) is 47.3 Å². The fourth-order valence-corrected chi connectivity index (χ4v) is 4.05. The summed E-state index contributed by atoms with van der Waals surface area (Å²) in [7, 11) is 1.50. The summed E-state index contributed by atoms with van der Waals surface area (Å²) >= 11 is 0. The normalized spacial score (nSPS) is 13.3. The Balaban J connectivity index is 1.25. The van der Waals surface area contributed by atoms with E-state index < -0.39 is 0 Å². The second kappa shape index (κ2) is 9.89. The molecule has 0 spiro atoms. The van der Waals surface area contributed by atoms with Crippen LogP contribution < -0.4 is 14.4 Å². The number of para-hydroxylation sites is 1. The average molecular weight is 473 g/mol. The van der Waals surface area contributed by atoms with E-state index in [1.54, 1.807) is 36.7 Å². The number of ether oxygens (including phenoxy) is 3. The van der Waals surface area contributed by atoms with Gasteiger partial charge in [-0.3, -0.25) is 10.4 Å². The maximum Gasteiger partial charge on any atom is 0.215 e. The van der Waals surface area contributed by atoms with Gasteiger partial charge in [0.15, 0.2) is 0 Å². The number of nitrogens with zero attached hydrogens (tertiary/aromatic N) is 3. The van der Waals surface area contributed by atoms with Gasteiger partial charge >= 0.3 is 0 Å².